The average molecular weight is 267 g/mol. The SMILES string of the molecule is Cc1ccc(C(N)c2cccc(CC(C)C)c2)cc1C. The maximum absolute atomic E-state index is 6.43. The summed E-state index contributed by atoms with van der Waals surface area (Å²) < 4.78 is 0. The second-order valence-corrected chi connectivity index (χ2v) is 6.16. The van der Waals surface area contributed by atoms with Crippen LogP contribution in [0.2, 0.25) is 0 Å². The first-order chi connectivity index (χ1) is 9.47. The van der Waals surface area contributed by atoms with E-state index in [1.165, 1.54) is 27.8 Å². The second-order valence-electron chi connectivity index (χ2n) is 6.16. The number of rotatable bonds is 4. The zero-order chi connectivity index (χ0) is 14.7. The standard InChI is InChI=1S/C19H25N/c1-13(2)10-16-6-5-7-17(12-16)19(20)18-9-8-14(3)15(4)11-18/h5-9,11-13,19H,10,20H2,1-4H3. The summed E-state index contributed by atoms with van der Waals surface area (Å²) >= 11 is 0. The first kappa shape index (κ1) is 14.8. The molecule has 106 valence electrons. The molecular weight excluding hydrogens is 242 g/mol. The summed E-state index contributed by atoms with van der Waals surface area (Å²) in [6, 6.07) is 15.1. The minimum Gasteiger partial charge on any atom is -0.320 e. The molecule has 1 atom stereocenters. The Morgan fingerprint density at radius 3 is 2.25 bits per heavy atom. The Balaban J connectivity index is 2.28. The molecule has 0 aliphatic carbocycles. The highest BCUT2D eigenvalue weighted by Crippen LogP contribution is 2.23. The topological polar surface area (TPSA) is 26.0 Å². The van der Waals surface area contributed by atoms with Crippen molar-refractivity contribution in [2.75, 3.05) is 0 Å². The summed E-state index contributed by atoms with van der Waals surface area (Å²) in [5.41, 5.74) is 12.8. The molecule has 0 amide bonds. The minimum absolute atomic E-state index is 0.0404. The van der Waals surface area contributed by atoms with Crippen LogP contribution >= 0.6 is 0 Å². The number of hydrogen-bond acceptors (Lipinski definition) is 1. The van der Waals surface area contributed by atoms with E-state index in [-0.39, 0.29) is 6.04 Å². The van der Waals surface area contributed by atoms with Gasteiger partial charge in [-0.1, -0.05) is 56.3 Å². The van der Waals surface area contributed by atoms with Gasteiger partial charge in [-0.2, -0.15) is 0 Å². The minimum atomic E-state index is -0.0404. The molecule has 20 heavy (non-hydrogen) atoms. The molecule has 1 heteroatoms. The van der Waals surface area contributed by atoms with E-state index in [4.69, 9.17) is 5.73 Å². The molecular formula is C19H25N. The van der Waals surface area contributed by atoms with Crippen molar-refractivity contribution in [1.82, 2.24) is 0 Å². The van der Waals surface area contributed by atoms with Crippen molar-refractivity contribution in [3.8, 4) is 0 Å². The number of hydrogen-bond donors (Lipinski definition) is 1. The van der Waals surface area contributed by atoms with Gasteiger partial charge in [-0.3, -0.25) is 0 Å². The predicted octanol–water partition coefficient (Wildman–Crippen LogP) is 4.55. The molecule has 0 saturated heterocycles. The van der Waals surface area contributed by atoms with Crippen molar-refractivity contribution in [2.45, 2.75) is 40.2 Å². The zero-order valence-electron chi connectivity index (χ0n) is 13.0. The van der Waals surface area contributed by atoms with Gasteiger partial charge in [0.2, 0.25) is 0 Å². The Morgan fingerprint density at radius 2 is 1.60 bits per heavy atom. The summed E-state index contributed by atoms with van der Waals surface area (Å²) in [7, 11) is 0. The van der Waals surface area contributed by atoms with Crippen molar-refractivity contribution in [1.29, 1.82) is 0 Å². The lowest BCUT2D eigenvalue weighted by Gasteiger charge is -2.16. The van der Waals surface area contributed by atoms with Crippen LogP contribution in [0.3, 0.4) is 0 Å². The highest BCUT2D eigenvalue weighted by molar-refractivity contribution is 5.38. The Morgan fingerprint density at radius 1 is 0.900 bits per heavy atom. The van der Waals surface area contributed by atoms with Gasteiger partial charge < -0.3 is 5.73 Å². The number of nitrogens with two attached hydrogens (primary N) is 1. The Labute approximate surface area is 122 Å². The van der Waals surface area contributed by atoms with E-state index in [2.05, 4.69) is 70.2 Å². The summed E-state index contributed by atoms with van der Waals surface area (Å²) in [5, 5.41) is 0. The van der Waals surface area contributed by atoms with E-state index in [0.29, 0.717) is 5.92 Å². The van der Waals surface area contributed by atoms with E-state index in [1.807, 2.05) is 0 Å². The number of aryl methyl sites for hydroxylation is 2. The van der Waals surface area contributed by atoms with Crippen LogP contribution in [0.1, 0.15) is 47.7 Å². The van der Waals surface area contributed by atoms with Crippen molar-refractivity contribution in [2.24, 2.45) is 11.7 Å². The lowest BCUT2D eigenvalue weighted by Crippen LogP contribution is -2.12. The Hall–Kier alpha value is -1.60. The summed E-state index contributed by atoms with van der Waals surface area (Å²) in [6.07, 6.45) is 1.10. The van der Waals surface area contributed by atoms with Crippen molar-refractivity contribution in [3.05, 3.63) is 70.3 Å². The smallest absolute Gasteiger partial charge is 0.0551 e. The Kier molecular flexibility index (Phi) is 4.61. The average Bonchev–Trinajstić information content (AvgIpc) is 2.40. The van der Waals surface area contributed by atoms with Crippen LogP contribution in [-0.4, -0.2) is 0 Å². The highest BCUT2D eigenvalue weighted by atomic mass is 14.6. The quantitative estimate of drug-likeness (QED) is 0.864. The van der Waals surface area contributed by atoms with Crippen LogP contribution < -0.4 is 5.73 Å². The van der Waals surface area contributed by atoms with Gasteiger partial charge in [0.1, 0.15) is 0 Å². The fourth-order valence-electron chi connectivity index (χ4n) is 2.54. The van der Waals surface area contributed by atoms with Gasteiger partial charge in [0, 0.05) is 0 Å². The normalized spacial score (nSPS) is 12.7. The van der Waals surface area contributed by atoms with Gasteiger partial charge in [0.25, 0.3) is 0 Å². The molecule has 0 aliphatic heterocycles. The third-order valence-corrected chi connectivity index (χ3v) is 3.84. The molecule has 2 N–H and O–H groups in total. The van der Waals surface area contributed by atoms with Crippen molar-refractivity contribution < 1.29 is 0 Å². The zero-order valence-corrected chi connectivity index (χ0v) is 13.0. The molecule has 2 rings (SSSR count). The fraction of sp³-hybridized carbons (Fsp3) is 0.368. The van der Waals surface area contributed by atoms with Crippen molar-refractivity contribution in [3.63, 3.8) is 0 Å². The van der Waals surface area contributed by atoms with Gasteiger partial charge in [-0.15, -0.1) is 0 Å². The first-order valence-electron chi connectivity index (χ1n) is 7.39. The maximum atomic E-state index is 6.43. The van der Waals surface area contributed by atoms with Crippen LogP contribution in [-0.2, 0) is 6.42 Å². The van der Waals surface area contributed by atoms with Crippen LogP contribution in [0.4, 0.5) is 0 Å². The van der Waals surface area contributed by atoms with Crippen LogP contribution in [0.25, 0.3) is 0 Å². The van der Waals surface area contributed by atoms with Gasteiger partial charge >= 0.3 is 0 Å². The van der Waals surface area contributed by atoms with E-state index < -0.39 is 0 Å². The fourth-order valence-corrected chi connectivity index (χ4v) is 2.54. The monoisotopic (exact) mass is 267 g/mol. The molecule has 0 bridgehead atoms. The summed E-state index contributed by atoms with van der Waals surface area (Å²) in [4.78, 5) is 0. The summed E-state index contributed by atoms with van der Waals surface area (Å²) in [6.45, 7) is 8.76. The lowest BCUT2D eigenvalue weighted by atomic mass is 9.93. The lowest BCUT2D eigenvalue weighted by molar-refractivity contribution is 0.646. The van der Waals surface area contributed by atoms with Crippen LogP contribution in [0.15, 0.2) is 42.5 Å². The second kappa shape index (κ2) is 6.23. The largest absolute Gasteiger partial charge is 0.320 e. The molecule has 0 saturated carbocycles. The molecule has 0 spiro atoms. The van der Waals surface area contributed by atoms with Crippen LogP contribution in [0, 0.1) is 19.8 Å². The van der Waals surface area contributed by atoms with Crippen molar-refractivity contribution >= 4 is 0 Å². The third kappa shape index (κ3) is 3.49. The van der Waals surface area contributed by atoms with Gasteiger partial charge in [0.15, 0.2) is 0 Å². The molecule has 0 aromatic heterocycles. The first-order valence-corrected chi connectivity index (χ1v) is 7.39. The Bertz CT molecular complexity index is 584. The molecule has 0 fully saturated rings. The molecule has 1 unspecified atom stereocenters. The van der Waals surface area contributed by atoms with Gasteiger partial charge in [-0.25, -0.2) is 0 Å². The molecule has 1 nitrogen and oxygen atoms in total. The maximum Gasteiger partial charge on any atom is 0.0551 e. The van der Waals surface area contributed by atoms with E-state index in [9.17, 15) is 0 Å². The molecule has 2 aromatic rings. The molecule has 2 aromatic carbocycles. The predicted molar refractivity (Wildman–Crippen MR) is 86.9 cm³/mol. The third-order valence-electron chi connectivity index (χ3n) is 3.84. The highest BCUT2D eigenvalue weighted by Gasteiger charge is 2.10. The van der Waals surface area contributed by atoms with Crippen LogP contribution in [0.5, 0.6) is 0 Å². The molecule has 0 radical (unpaired) electrons. The summed E-state index contributed by atoms with van der Waals surface area (Å²) in [5.74, 6) is 0.670. The van der Waals surface area contributed by atoms with E-state index in [0.717, 1.165) is 6.42 Å². The van der Waals surface area contributed by atoms with Gasteiger partial charge in [0.05, 0.1) is 6.04 Å². The number of benzene rings is 2. The van der Waals surface area contributed by atoms with Gasteiger partial charge in [-0.05, 0) is 54.0 Å². The van der Waals surface area contributed by atoms with E-state index >= 15 is 0 Å². The molecule has 0 heterocycles. The van der Waals surface area contributed by atoms with E-state index in [1.54, 1.807) is 0 Å². The molecule has 0 aliphatic rings.